The van der Waals surface area contributed by atoms with E-state index in [9.17, 15) is 0 Å². The zero-order chi connectivity index (χ0) is 41.1. The summed E-state index contributed by atoms with van der Waals surface area (Å²) in [5.74, 6) is 3.89. The first-order valence-corrected chi connectivity index (χ1v) is 18.3. The first-order chi connectivity index (χ1) is 22.9. The Morgan fingerprint density at radius 3 is 1.00 bits per heavy atom. The highest BCUT2D eigenvalue weighted by Crippen LogP contribution is 2.33. The Balaban J connectivity index is 0. The summed E-state index contributed by atoms with van der Waals surface area (Å²) in [7, 11) is 0. The monoisotopic (exact) mass is 760 g/mol. The SMILES string of the molecule is C.C.CC(C)(C)c1ncoc1C(C)(C)C.CC(C)(C)c1nnc(C(C)(C)C)o1.CC(C)(C)c1noc(C(C)(C)C)n1.CC(C)(C)c1nonc1C(C)(C)C. The highest BCUT2D eigenvalue weighted by Gasteiger charge is 2.32. The van der Waals surface area contributed by atoms with Gasteiger partial charge in [-0.05, 0) is 0 Å². The number of hydrogen-bond acceptors (Lipinski definition) is 11. The molecule has 4 rings (SSSR count). The van der Waals surface area contributed by atoms with E-state index in [0.717, 1.165) is 28.7 Å². The second-order valence-electron chi connectivity index (χ2n) is 21.8. The first-order valence-electron chi connectivity index (χ1n) is 18.3. The van der Waals surface area contributed by atoms with E-state index in [-0.39, 0.29) is 58.2 Å². The number of hydrogen-bond donors (Lipinski definition) is 0. The number of aromatic nitrogens is 7. The largest absolute Gasteiger partial charge is 0.448 e. The lowest BCUT2D eigenvalue weighted by molar-refractivity contribution is 0.290. The molecule has 0 unspecified atom stereocenters. The summed E-state index contributed by atoms with van der Waals surface area (Å²) in [6.07, 6.45) is 1.54. The van der Waals surface area contributed by atoms with Crippen molar-refractivity contribution in [1.82, 2.24) is 35.6 Å². The second kappa shape index (κ2) is 18.1. The van der Waals surface area contributed by atoms with Crippen LogP contribution in [0.3, 0.4) is 0 Å². The average molecular weight is 760 g/mol. The van der Waals surface area contributed by atoms with Crippen LogP contribution in [-0.2, 0) is 43.3 Å². The number of rotatable bonds is 0. The smallest absolute Gasteiger partial charge is 0.232 e. The lowest BCUT2D eigenvalue weighted by Crippen LogP contribution is -2.21. The molecule has 4 heterocycles. The van der Waals surface area contributed by atoms with Crippen molar-refractivity contribution < 1.29 is 18.0 Å². The molecule has 0 amide bonds. The van der Waals surface area contributed by atoms with Gasteiger partial charge >= 0.3 is 0 Å². The molecule has 0 saturated heterocycles. The zero-order valence-electron chi connectivity index (χ0n) is 37.3. The second-order valence-corrected chi connectivity index (χ2v) is 21.8. The van der Waals surface area contributed by atoms with Crippen molar-refractivity contribution in [2.75, 3.05) is 0 Å². The van der Waals surface area contributed by atoms with E-state index in [0.29, 0.717) is 17.7 Å². The van der Waals surface area contributed by atoms with Crippen LogP contribution < -0.4 is 0 Å². The Bertz CT molecular complexity index is 1410. The molecule has 4 aromatic rings. The van der Waals surface area contributed by atoms with E-state index in [2.05, 4.69) is 202 Å². The molecule has 0 bridgehead atoms. The van der Waals surface area contributed by atoms with Gasteiger partial charge in [0.25, 0.3) is 0 Å². The van der Waals surface area contributed by atoms with Gasteiger partial charge in [0.15, 0.2) is 12.2 Å². The third-order valence-electron chi connectivity index (χ3n) is 7.32. The molecule has 54 heavy (non-hydrogen) atoms. The molecule has 0 N–H and O–H groups in total. The van der Waals surface area contributed by atoms with Crippen molar-refractivity contribution >= 4 is 0 Å². The van der Waals surface area contributed by atoms with Crippen LogP contribution in [0.2, 0.25) is 0 Å². The molecule has 0 aromatic carbocycles. The summed E-state index contributed by atoms with van der Waals surface area (Å²) in [5, 5.41) is 20.0. The lowest BCUT2D eigenvalue weighted by Gasteiger charge is -2.22. The highest BCUT2D eigenvalue weighted by molar-refractivity contribution is 5.24. The van der Waals surface area contributed by atoms with Gasteiger partial charge < -0.3 is 13.4 Å². The predicted octanol–water partition coefficient (Wildman–Crippen LogP) is 12.5. The molecular weight excluding hydrogens is 679 g/mol. The summed E-state index contributed by atoms with van der Waals surface area (Å²) in [6.45, 7) is 50.3. The van der Waals surface area contributed by atoms with E-state index in [1.165, 1.54) is 0 Å². The standard InChI is InChI=1S/C11H19NO.3C10H18N2O.2CH4/c1-10(2,3)8-9(11(4,5)6)13-7-12-8;1-9(2,3)7-11-12-8(13-7)10(4,5)6;1-9(2,3)7-11-8(13-12-7)10(4,5)6;1-9(2,3)7-8(10(4,5)6)12-13-11-7;;/h7H,1-6H3;3*1-6H3;2*1H4. The minimum absolute atomic E-state index is 0. The van der Waals surface area contributed by atoms with Gasteiger partial charge in [-0.1, -0.05) is 196 Å². The average Bonchev–Trinajstić information content (AvgIpc) is 3.72. The summed E-state index contributed by atoms with van der Waals surface area (Å²) in [6, 6.07) is 0. The van der Waals surface area contributed by atoms with Crippen LogP contribution >= 0.6 is 0 Å². The molecule has 0 atom stereocenters. The van der Waals surface area contributed by atoms with Crippen LogP contribution in [0.25, 0.3) is 0 Å². The van der Waals surface area contributed by atoms with E-state index in [1.807, 2.05) is 0 Å². The van der Waals surface area contributed by atoms with Crippen LogP contribution in [0.4, 0.5) is 0 Å². The third-order valence-corrected chi connectivity index (χ3v) is 7.32. The van der Waals surface area contributed by atoms with Crippen LogP contribution in [0.1, 0.15) is 227 Å². The minimum atomic E-state index is -0.0590. The zero-order valence-corrected chi connectivity index (χ0v) is 37.3. The first kappa shape index (κ1) is 52.7. The van der Waals surface area contributed by atoms with Crippen LogP contribution in [0.15, 0.2) is 24.4 Å². The van der Waals surface area contributed by atoms with Gasteiger partial charge in [-0.3, -0.25) is 0 Å². The predicted molar refractivity (Wildman–Crippen MR) is 222 cm³/mol. The van der Waals surface area contributed by atoms with E-state index >= 15 is 0 Å². The topological polar surface area (TPSA) is 143 Å². The summed E-state index contributed by atoms with van der Waals surface area (Å²) < 4.78 is 21.0. The van der Waals surface area contributed by atoms with Crippen molar-refractivity contribution in [3.63, 3.8) is 0 Å². The molecule has 0 aliphatic carbocycles. The van der Waals surface area contributed by atoms with Crippen molar-refractivity contribution in [3.05, 3.63) is 52.7 Å². The molecular formula is C43H81N7O4. The Morgan fingerprint density at radius 1 is 0.407 bits per heavy atom. The van der Waals surface area contributed by atoms with Gasteiger partial charge in [-0.2, -0.15) is 4.98 Å². The molecule has 0 fully saturated rings. The van der Waals surface area contributed by atoms with Crippen LogP contribution in [0.5, 0.6) is 0 Å². The van der Waals surface area contributed by atoms with Gasteiger partial charge in [0.1, 0.15) is 17.1 Å². The normalized spacial score (nSPS) is 12.9. The van der Waals surface area contributed by atoms with E-state index in [1.54, 1.807) is 6.39 Å². The third kappa shape index (κ3) is 16.2. The highest BCUT2D eigenvalue weighted by atomic mass is 16.6. The fourth-order valence-electron chi connectivity index (χ4n) is 4.15. The molecule has 4 aromatic heterocycles. The van der Waals surface area contributed by atoms with Crippen molar-refractivity contribution in [3.8, 4) is 0 Å². The molecule has 0 spiro atoms. The maximum Gasteiger partial charge on any atom is 0.232 e. The van der Waals surface area contributed by atoms with Gasteiger partial charge in [0.2, 0.25) is 17.7 Å². The number of oxazole rings is 1. The number of nitrogens with zero attached hydrogens (tertiary/aromatic N) is 7. The van der Waals surface area contributed by atoms with Gasteiger partial charge in [-0.25, -0.2) is 9.61 Å². The van der Waals surface area contributed by atoms with Gasteiger partial charge in [-0.15, -0.1) is 10.2 Å². The Hall–Kier alpha value is -3.37. The molecule has 0 radical (unpaired) electrons. The van der Waals surface area contributed by atoms with Crippen LogP contribution in [-0.4, -0.2) is 35.6 Å². The van der Waals surface area contributed by atoms with Gasteiger partial charge in [0, 0.05) is 43.3 Å². The quantitative estimate of drug-likeness (QED) is 0.169. The molecule has 0 saturated carbocycles. The maximum atomic E-state index is 5.59. The molecule has 0 aliphatic rings. The van der Waals surface area contributed by atoms with Crippen LogP contribution in [0, 0.1) is 0 Å². The summed E-state index contributed by atoms with van der Waals surface area (Å²) >= 11 is 0. The molecule has 11 nitrogen and oxygen atoms in total. The van der Waals surface area contributed by atoms with E-state index < -0.39 is 0 Å². The van der Waals surface area contributed by atoms with Crippen molar-refractivity contribution in [2.45, 2.75) is 224 Å². The summed E-state index contributed by atoms with van der Waals surface area (Å²) in [4.78, 5) is 8.66. The Kier molecular flexibility index (Phi) is 17.6. The Morgan fingerprint density at radius 2 is 0.778 bits per heavy atom. The van der Waals surface area contributed by atoms with Crippen molar-refractivity contribution in [2.24, 2.45) is 0 Å². The summed E-state index contributed by atoms with van der Waals surface area (Å²) in [5.41, 5.74) is 2.89. The minimum Gasteiger partial charge on any atom is -0.448 e. The van der Waals surface area contributed by atoms with Crippen molar-refractivity contribution in [1.29, 1.82) is 0 Å². The molecule has 11 heteroatoms. The van der Waals surface area contributed by atoms with E-state index in [4.69, 9.17) is 18.0 Å². The molecule has 312 valence electrons. The maximum absolute atomic E-state index is 5.59. The fraction of sp³-hybridized carbons (Fsp3) is 0.791. The fourth-order valence-corrected chi connectivity index (χ4v) is 4.15. The lowest BCUT2D eigenvalue weighted by atomic mass is 9.82. The van der Waals surface area contributed by atoms with Gasteiger partial charge in [0.05, 0.1) is 5.69 Å². The molecule has 0 aliphatic heterocycles. The Labute approximate surface area is 330 Å².